The van der Waals surface area contributed by atoms with Gasteiger partial charge in [0.2, 0.25) is 0 Å². The first kappa shape index (κ1) is 13.5. The van der Waals surface area contributed by atoms with Gasteiger partial charge >= 0.3 is 0 Å². The highest BCUT2D eigenvalue weighted by molar-refractivity contribution is 7.80. The molecule has 0 unspecified atom stereocenters. The van der Waals surface area contributed by atoms with Gasteiger partial charge in [-0.3, -0.25) is 4.98 Å². The van der Waals surface area contributed by atoms with E-state index >= 15 is 0 Å². The van der Waals surface area contributed by atoms with Crippen molar-refractivity contribution in [3.05, 3.63) is 66.0 Å². The van der Waals surface area contributed by atoms with E-state index in [0.29, 0.717) is 11.5 Å². The molecule has 2 aromatic heterocycles. The molecule has 0 aliphatic heterocycles. The Balaban J connectivity index is 1.94. The summed E-state index contributed by atoms with van der Waals surface area (Å²) in [6, 6.07) is 13.6. The van der Waals surface area contributed by atoms with Crippen LogP contribution in [0.3, 0.4) is 0 Å². The number of para-hydroxylation sites is 1. The smallest absolute Gasteiger partial charge is 0.127 e. The van der Waals surface area contributed by atoms with Crippen LogP contribution in [0.4, 0.5) is 5.82 Å². The summed E-state index contributed by atoms with van der Waals surface area (Å²) in [6.07, 6.45) is 3.57. The number of pyridine rings is 2. The number of rotatable bonds is 4. The summed E-state index contributed by atoms with van der Waals surface area (Å²) in [5.74, 6) is 0.750. The van der Waals surface area contributed by atoms with Crippen molar-refractivity contribution in [3.63, 3.8) is 0 Å². The molecule has 0 saturated heterocycles. The van der Waals surface area contributed by atoms with Crippen molar-refractivity contribution in [2.24, 2.45) is 5.73 Å². The zero-order valence-corrected chi connectivity index (χ0v) is 12.1. The number of thiocarbonyl (C=S) groups is 1. The minimum absolute atomic E-state index is 0.373. The van der Waals surface area contributed by atoms with Gasteiger partial charge in [0.05, 0.1) is 5.52 Å². The molecule has 2 heterocycles. The number of hydrogen-bond acceptors (Lipinski definition) is 4. The maximum Gasteiger partial charge on any atom is 0.127 e. The van der Waals surface area contributed by atoms with Crippen LogP contribution in [-0.4, -0.2) is 15.0 Å². The van der Waals surface area contributed by atoms with Gasteiger partial charge < -0.3 is 11.1 Å². The molecule has 0 spiro atoms. The minimum Gasteiger partial charge on any atom is -0.389 e. The third kappa shape index (κ3) is 2.98. The van der Waals surface area contributed by atoms with E-state index in [9.17, 15) is 0 Å². The molecule has 3 rings (SSSR count). The van der Waals surface area contributed by atoms with Crippen LogP contribution >= 0.6 is 12.2 Å². The maximum absolute atomic E-state index is 5.82. The molecular weight excluding hydrogens is 280 g/mol. The maximum atomic E-state index is 5.82. The average Bonchev–Trinajstić information content (AvgIpc) is 2.53. The standard InChI is InChI=1S/C16H14N4S/c17-16(21)13-8-15(19-10-11-4-3-7-18-9-11)20-14-6-2-1-5-12(13)14/h1-9H,10H2,(H2,17,21)(H,19,20). The Labute approximate surface area is 128 Å². The molecule has 0 amide bonds. The number of aromatic nitrogens is 2. The molecule has 0 aliphatic rings. The normalized spacial score (nSPS) is 10.5. The predicted octanol–water partition coefficient (Wildman–Crippen LogP) is 2.88. The SMILES string of the molecule is NC(=S)c1cc(NCc2cccnc2)nc2ccccc12. The lowest BCUT2D eigenvalue weighted by molar-refractivity contribution is 1.09. The zero-order valence-electron chi connectivity index (χ0n) is 11.3. The minimum atomic E-state index is 0.373. The number of fused-ring (bicyclic) bond motifs is 1. The van der Waals surface area contributed by atoms with E-state index in [0.717, 1.165) is 27.8 Å². The molecule has 21 heavy (non-hydrogen) atoms. The van der Waals surface area contributed by atoms with E-state index in [1.807, 2.05) is 48.7 Å². The quantitative estimate of drug-likeness (QED) is 0.724. The van der Waals surface area contributed by atoms with Crippen molar-refractivity contribution in [3.8, 4) is 0 Å². The zero-order chi connectivity index (χ0) is 14.7. The van der Waals surface area contributed by atoms with Gasteiger partial charge in [-0.2, -0.15) is 0 Å². The third-order valence-electron chi connectivity index (χ3n) is 3.18. The van der Waals surface area contributed by atoms with Crippen LogP contribution in [0.5, 0.6) is 0 Å². The lowest BCUT2D eigenvalue weighted by Gasteiger charge is -2.10. The highest BCUT2D eigenvalue weighted by Crippen LogP contribution is 2.21. The van der Waals surface area contributed by atoms with Crippen LogP contribution < -0.4 is 11.1 Å². The highest BCUT2D eigenvalue weighted by atomic mass is 32.1. The number of nitrogens with zero attached hydrogens (tertiary/aromatic N) is 2. The van der Waals surface area contributed by atoms with Crippen molar-refractivity contribution in [2.75, 3.05) is 5.32 Å². The Morgan fingerprint density at radius 3 is 2.81 bits per heavy atom. The van der Waals surface area contributed by atoms with E-state index in [2.05, 4.69) is 15.3 Å². The average molecular weight is 294 g/mol. The second-order valence-electron chi connectivity index (χ2n) is 4.65. The first-order chi connectivity index (χ1) is 10.2. The number of nitrogens with two attached hydrogens (primary N) is 1. The summed E-state index contributed by atoms with van der Waals surface area (Å²) in [7, 11) is 0. The van der Waals surface area contributed by atoms with E-state index in [-0.39, 0.29) is 0 Å². The summed E-state index contributed by atoms with van der Waals surface area (Å²) in [5, 5.41) is 4.25. The second kappa shape index (κ2) is 5.85. The van der Waals surface area contributed by atoms with Gasteiger partial charge in [0.25, 0.3) is 0 Å². The van der Waals surface area contributed by atoms with Gasteiger partial charge in [0, 0.05) is 29.9 Å². The summed E-state index contributed by atoms with van der Waals surface area (Å²) in [5.41, 5.74) is 8.62. The van der Waals surface area contributed by atoms with Crippen LogP contribution in [-0.2, 0) is 6.54 Å². The Morgan fingerprint density at radius 1 is 1.19 bits per heavy atom. The third-order valence-corrected chi connectivity index (χ3v) is 3.40. The van der Waals surface area contributed by atoms with Gasteiger partial charge in [-0.25, -0.2) is 4.98 Å². The fraction of sp³-hybridized carbons (Fsp3) is 0.0625. The van der Waals surface area contributed by atoms with Crippen molar-refractivity contribution in [1.29, 1.82) is 0 Å². The molecule has 0 aliphatic carbocycles. The van der Waals surface area contributed by atoms with E-state index in [4.69, 9.17) is 18.0 Å². The van der Waals surface area contributed by atoms with Gasteiger partial charge in [-0.05, 0) is 23.8 Å². The molecule has 4 nitrogen and oxygen atoms in total. The van der Waals surface area contributed by atoms with Crippen molar-refractivity contribution >= 4 is 33.9 Å². The molecule has 0 bridgehead atoms. The Kier molecular flexibility index (Phi) is 3.75. The second-order valence-corrected chi connectivity index (χ2v) is 5.09. The van der Waals surface area contributed by atoms with Crippen LogP contribution in [0.1, 0.15) is 11.1 Å². The van der Waals surface area contributed by atoms with Gasteiger partial charge in [-0.15, -0.1) is 0 Å². The van der Waals surface area contributed by atoms with Crippen LogP contribution in [0.25, 0.3) is 10.9 Å². The molecule has 0 atom stereocenters. The fourth-order valence-corrected chi connectivity index (χ4v) is 2.33. The first-order valence-corrected chi connectivity index (χ1v) is 6.97. The van der Waals surface area contributed by atoms with E-state index in [1.54, 1.807) is 6.20 Å². The van der Waals surface area contributed by atoms with Crippen molar-refractivity contribution in [2.45, 2.75) is 6.54 Å². The lowest BCUT2D eigenvalue weighted by atomic mass is 10.1. The first-order valence-electron chi connectivity index (χ1n) is 6.56. The molecular formula is C16H14N4S. The van der Waals surface area contributed by atoms with E-state index < -0.39 is 0 Å². The number of hydrogen-bond donors (Lipinski definition) is 2. The summed E-state index contributed by atoms with van der Waals surface area (Å²) < 4.78 is 0. The molecule has 5 heteroatoms. The summed E-state index contributed by atoms with van der Waals surface area (Å²) >= 11 is 5.14. The Bertz CT molecular complexity index is 787. The number of nitrogens with one attached hydrogen (secondary N) is 1. The number of anilines is 1. The highest BCUT2D eigenvalue weighted by Gasteiger charge is 2.07. The van der Waals surface area contributed by atoms with Crippen LogP contribution in [0.15, 0.2) is 54.9 Å². The topological polar surface area (TPSA) is 63.8 Å². The summed E-state index contributed by atoms with van der Waals surface area (Å²) in [6.45, 7) is 0.649. The van der Waals surface area contributed by atoms with Crippen LogP contribution in [0.2, 0.25) is 0 Å². The molecule has 3 aromatic rings. The van der Waals surface area contributed by atoms with Gasteiger partial charge in [0.15, 0.2) is 0 Å². The Morgan fingerprint density at radius 2 is 2.05 bits per heavy atom. The lowest BCUT2D eigenvalue weighted by Crippen LogP contribution is -2.12. The number of benzene rings is 1. The molecule has 3 N–H and O–H groups in total. The van der Waals surface area contributed by atoms with Gasteiger partial charge in [-0.1, -0.05) is 36.5 Å². The van der Waals surface area contributed by atoms with Crippen LogP contribution in [0, 0.1) is 0 Å². The van der Waals surface area contributed by atoms with Crippen molar-refractivity contribution < 1.29 is 0 Å². The molecule has 0 fully saturated rings. The molecule has 0 saturated carbocycles. The fourth-order valence-electron chi connectivity index (χ4n) is 2.17. The monoisotopic (exact) mass is 294 g/mol. The van der Waals surface area contributed by atoms with Gasteiger partial charge in [0.1, 0.15) is 10.8 Å². The van der Waals surface area contributed by atoms with Crippen molar-refractivity contribution in [1.82, 2.24) is 9.97 Å². The molecule has 1 aromatic carbocycles. The summed E-state index contributed by atoms with van der Waals surface area (Å²) in [4.78, 5) is 9.05. The Hall–Kier alpha value is -2.53. The predicted molar refractivity (Wildman–Crippen MR) is 89.2 cm³/mol. The van der Waals surface area contributed by atoms with E-state index in [1.165, 1.54) is 0 Å². The molecule has 104 valence electrons. The molecule has 0 radical (unpaired) electrons. The largest absolute Gasteiger partial charge is 0.389 e.